The van der Waals surface area contributed by atoms with Gasteiger partial charge in [0.15, 0.2) is 6.10 Å². The van der Waals surface area contributed by atoms with E-state index in [1.807, 2.05) is 0 Å². The van der Waals surface area contributed by atoms with Crippen LogP contribution in [0.4, 0.5) is 0 Å². The lowest BCUT2D eigenvalue weighted by Gasteiger charge is -2.18. The number of unbranched alkanes of at least 4 members (excludes halogenated alkanes) is 30. The highest BCUT2D eigenvalue weighted by Crippen LogP contribution is 2.18. The van der Waals surface area contributed by atoms with Gasteiger partial charge in [-0.25, -0.2) is 0 Å². The number of ether oxygens (including phenoxy) is 3. The van der Waals surface area contributed by atoms with Gasteiger partial charge in [0.2, 0.25) is 0 Å². The first-order chi connectivity index (χ1) is 29.6. The molecule has 0 spiro atoms. The Morgan fingerprint density at radius 1 is 0.328 bits per heavy atom. The number of hydrogen-bond acceptors (Lipinski definition) is 6. The van der Waals surface area contributed by atoms with Gasteiger partial charge in [0.05, 0.1) is 0 Å². The Hall–Kier alpha value is -1.59. The van der Waals surface area contributed by atoms with Crippen LogP contribution in [0.3, 0.4) is 0 Å². The van der Waals surface area contributed by atoms with Crippen molar-refractivity contribution < 1.29 is 28.6 Å². The van der Waals surface area contributed by atoms with E-state index in [1.54, 1.807) is 0 Å². The maximum absolute atomic E-state index is 12.8. The summed E-state index contributed by atoms with van der Waals surface area (Å²) in [4.78, 5) is 38.0. The average Bonchev–Trinajstić information content (AvgIpc) is 3.23. The van der Waals surface area contributed by atoms with Gasteiger partial charge in [-0.05, 0) is 37.0 Å². The zero-order chi connectivity index (χ0) is 44.9. The highest BCUT2D eigenvalue weighted by atomic mass is 16.6. The quantitative estimate of drug-likeness (QED) is 0.0344. The number of hydrogen-bond donors (Lipinski definition) is 0. The second-order valence-corrected chi connectivity index (χ2v) is 20.1. The molecule has 0 fully saturated rings. The topological polar surface area (TPSA) is 78.9 Å². The molecular weight excluding hydrogens is 757 g/mol. The van der Waals surface area contributed by atoms with Crippen LogP contribution in [0.2, 0.25) is 0 Å². The lowest BCUT2D eigenvalue weighted by molar-refractivity contribution is -0.167. The minimum atomic E-state index is -0.763. The van der Waals surface area contributed by atoms with Crippen LogP contribution in [0.5, 0.6) is 0 Å². The molecule has 0 rings (SSSR count). The summed E-state index contributed by atoms with van der Waals surface area (Å²) in [7, 11) is 0. The van der Waals surface area contributed by atoms with E-state index in [-0.39, 0.29) is 31.1 Å². The Morgan fingerprint density at radius 3 is 0.852 bits per heavy atom. The van der Waals surface area contributed by atoms with Gasteiger partial charge in [0.25, 0.3) is 0 Å². The standard InChI is InChI=1S/C55H106O6/c1-7-51(6)43-37-31-25-19-14-15-21-28-34-40-46-55(58)61-52(48-60-54(57)45-39-33-27-22-16-18-24-30-36-42-50(4)5)47-59-53(56)44-38-32-26-20-13-11-9-8-10-12-17-23-29-35-41-49(2)3/h49-52H,7-48H2,1-6H3/t51?,52-/m0/s1. The molecule has 0 aliphatic rings. The van der Waals surface area contributed by atoms with Crippen LogP contribution in [-0.4, -0.2) is 37.2 Å². The lowest BCUT2D eigenvalue weighted by atomic mass is 9.99. The molecule has 61 heavy (non-hydrogen) atoms. The highest BCUT2D eigenvalue weighted by molar-refractivity contribution is 5.71. The smallest absolute Gasteiger partial charge is 0.306 e. The molecule has 362 valence electrons. The Labute approximate surface area is 380 Å². The van der Waals surface area contributed by atoms with Gasteiger partial charge in [-0.2, -0.15) is 0 Å². The van der Waals surface area contributed by atoms with Gasteiger partial charge in [-0.1, -0.05) is 260 Å². The molecule has 0 saturated carbocycles. The van der Waals surface area contributed by atoms with Crippen LogP contribution in [0.15, 0.2) is 0 Å². The molecule has 0 bridgehead atoms. The van der Waals surface area contributed by atoms with Gasteiger partial charge in [-0.15, -0.1) is 0 Å². The summed E-state index contributed by atoms with van der Waals surface area (Å²) in [5.74, 6) is 1.67. The van der Waals surface area contributed by atoms with E-state index >= 15 is 0 Å². The molecule has 0 radical (unpaired) electrons. The third-order valence-corrected chi connectivity index (χ3v) is 12.8. The maximum atomic E-state index is 12.8. The normalized spacial score (nSPS) is 12.6. The predicted octanol–water partition coefficient (Wildman–Crippen LogP) is 17.6. The monoisotopic (exact) mass is 863 g/mol. The summed E-state index contributed by atoms with van der Waals surface area (Å²) < 4.78 is 16.8. The first-order valence-electron chi connectivity index (χ1n) is 27.1. The molecule has 2 atom stereocenters. The van der Waals surface area contributed by atoms with E-state index in [4.69, 9.17) is 14.2 Å². The predicted molar refractivity (Wildman–Crippen MR) is 261 cm³/mol. The van der Waals surface area contributed by atoms with Crippen LogP contribution >= 0.6 is 0 Å². The van der Waals surface area contributed by atoms with Crippen LogP contribution in [-0.2, 0) is 28.6 Å². The molecule has 6 heteroatoms. The zero-order valence-corrected chi connectivity index (χ0v) is 42.0. The number of carbonyl (C=O) groups excluding carboxylic acids is 3. The zero-order valence-electron chi connectivity index (χ0n) is 42.0. The highest BCUT2D eigenvalue weighted by Gasteiger charge is 2.19. The fourth-order valence-electron chi connectivity index (χ4n) is 8.26. The van der Waals surface area contributed by atoms with Crippen LogP contribution in [0, 0.1) is 17.8 Å². The van der Waals surface area contributed by atoms with E-state index in [2.05, 4.69) is 41.5 Å². The van der Waals surface area contributed by atoms with Crippen molar-refractivity contribution in [2.75, 3.05) is 13.2 Å². The molecule has 0 saturated heterocycles. The van der Waals surface area contributed by atoms with Crippen molar-refractivity contribution in [3.63, 3.8) is 0 Å². The van der Waals surface area contributed by atoms with Crippen molar-refractivity contribution in [3.05, 3.63) is 0 Å². The van der Waals surface area contributed by atoms with E-state index in [1.165, 1.54) is 180 Å². The second-order valence-electron chi connectivity index (χ2n) is 20.1. The Bertz CT molecular complexity index is 947. The Kier molecular flexibility index (Phi) is 45.2. The number of rotatable bonds is 48. The molecular formula is C55H106O6. The Morgan fingerprint density at radius 2 is 0.574 bits per heavy atom. The van der Waals surface area contributed by atoms with Gasteiger partial charge in [0, 0.05) is 19.3 Å². The molecule has 0 N–H and O–H groups in total. The third kappa shape index (κ3) is 47.7. The van der Waals surface area contributed by atoms with E-state index in [0.717, 1.165) is 75.5 Å². The van der Waals surface area contributed by atoms with Gasteiger partial charge in [-0.3, -0.25) is 14.4 Å². The lowest BCUT2D eigenvalue weighted by Crippen LogP contribution is -2.30. The van der Waals surface area contributed by atoms with Crippen molar-refractivity contribution in [2.24, 2.45) is 17.8 Å². The summed E-state index contributed by atoms with van der Waals surface area (Å²) in [6.07, 6.45) is 46.6. The summed E-state index contributed by atoms with van der Waals surface area (Å²) in [5.41, 5.74) is 0. The molecule has 0 heterocycles. The van der Waals surface area contributed by atoms with Gasteiger partial charge < -0.3 is 14.2 Å². The van der Waals surface area contributed by atoms with E-state index < -0.39 is 6.10 Å². The first-order valence-corrected chi connectivity index (χ1v) is 27.1. The number of esters is 3. The van der Waals surface area contributed by atoms with E-state index in [9.17, 15) is 14.4 Å². The van der Waals surface area contributed by atoms with Crippen molar-refractivity contribution in [2.45, 2.75) is 304 Å². The van der Waals surface area contributed by atoms with Crippen LogP contribution < -0.4 is 0 Å². The fraction of sp³-hybridized carbons (Fsp3) is 0.945. The molecule has 0 aromatic carbocycles. The van der Waals surface area contributed by atoms with Gasteiger partial charge >= 0.3 is 17.9 Å². The minimum Gasteiger partial charge on any atom is -0.462 e. The SMILES string of the molecule is CCC(C)CCCCCCCCCCCCC(=O)O[C@@H](COC(=O)CCCCCCCCCCCCCCCCC(C)C)COC(=O)CCCCCCCCCCCC(C)C. The van der Waals surface area contributed by atoms with Crippen LogP contribution in [0.25, 0.3) is 0 Å². The second kappa shape index (κ2) is 46.4. The summed E-state index contributed by atoms with van der Waals surface area (Å²) in [5, 5.41) is 0. The van der Waals surface area contributed by atoms with Crippen molar-refractivity contribution in [1.29, 1.82) is 0 Å². The number of carbonyl (C=O) groups is 3. The van der Waals surface area contributed by atoms with Crippen molar-refractivity contribution in [3.8, 4) is 0 Å². The maximum Gasteiger partial charge on any atom is 0.306 e. The average molecular weight is 863 g/mol. The molecule has 0 aliphatic heterocycles. The van der Waals surface area contributed by atoms with Crippen LogP contribution in [0.1, 0.15) is 298 Å². The molecule has 0 aromatic heterocycles. The molecule has 0 aliphatic carbocycles. The molecule has 6 nitrogen and oxygen atoms in total. The molecule has 1 unspecified atom stereocenters. The molecule has 0 amide bonds. The van der Waals surface area contributed by atoms with Gasteiger partial charge in [0.1, 0.15) is 13.2 Å². The molecule has 0 aromatic rings. The summed E-state index contributed by atoms with van der Waals surface area (Å²) in [6.45, 7) is 13.7. The summed E-state index contributed by atoms with van der Waals surface area (Å²) >= 11 is 0. The fourth-order valence-corrected chi connectivity index (χ4v) is 8.26. The first kappa shape index (κ1) is 59.4. The van der Waals surface area contributed by atoms with E-state index in [0.29, 0.717) is 19.3 Å². The van der Waals surface area contributed by atoms with Crippen molar-refractivity contribution in [1.82, 2.24) is 0 Å². The third-order valence-electron chi connectivity index (χ3n) is 12.8. The minimum absolute atomic E-state index is 0.0644. The summed E-state index contributed by atoms with van der Waals surface area (Å²) in [6, 6.07) is 0. The van der Waals surface area contributed by atoms with Crippen molar-refractivity contribution >= 4 is 17.9 Å². The largest absolute Gasteiger partial charge is 0.462 e. The Balaban J connectivity index is 4.31.